The minimum Gasteiger partial charge on any atom is -0.459 e. The topological polar surface area (TPSA) is 84.5 Å². The zero-order valence-electron chi connectivity index (χ0n) is 17.7. The molecule has 0 aromatic carbocycles. The molecule has 0 bridgehead atoms. The molecular weight excluding hydrogens is 414 g/mol. The van der Waals surface area contributed by atoms with Crippen LogP contribution in [0.25, 0.3) is 0 Å². The summed E-state index contributed by atoms with van der Waals surface area (Å²) in [7, 11) is 1.77. The van der Waals surface area contributed by atoms with Crippen molar-refractivity contribution in [2.75, 3.05) is 13.6 Å². The maximum Gasteiger partial charge on any atom is 0.290 e. The number of hydrogen-bond acceptors (Lipinski definition) is 6. The van der Waals surface area contributed by atoms with Crippen molar-refractivity contribution >= 4 is 23.2 Å². The van der Waals surface area contributed by atoms with Crippen molar-refractivity contribution in [1.82, 2.24) is 24.6 Å². The number of thiazole rings is 1. The van der Waals surface area contributed by atoms with Gasteiger partial charge in [-0.05, 0) is 31.7 Å². The van der Waals surface area contributed by atoms with E-state index in [-0.39, 0.29) is 11.8 Å². The minimum atomic E-state index is -0.141. The molecule has 162 valence electrons. The van der Waals surface area contributed by atoms with Gasteiger partial charge in [0.1, 0.15) is 0 Å². The van der Waals surface area contributed by atoms with Crippen molar-refractivity contribution in [3.63, 3.8) is 0 Å². The normalized spacial score (nSPS) is 15.7. The van der Waals surface area contributed by atoms with Crippen LogP contribution in [0.4, 0.5) is 0 Å². The van der Waals surface area contributed by atoms with Crippen LogP contribution >= 0.6 is 11.3 Å². The Morgan fingerprint density at radius 3 is 2.87 bits per heavy atom. The summed E-state index contributed by atoms with van der Waals surface area (Å²) in [5.74, 6) is 0.729. The molecule has 0 unspecified atom stereocenters. The number of fused-ring (bicyclic) bond motifs is 1. The zero-order chi connectivity index (χ0) is 21.5. The summed E-state index contributed by atoms with van der Waals surface area (Å²) in [4.78, 5) is 34.0. The van der Waals surface area contributed by atoms with Gasteiger partial charge in [0.25, 0.3) is 11.8 Å². The molecule has 1 saturated carbocycles. The van der Waals surface area contributed by atoms with E-state index in [1.807, 2.05) is 17.0 Å². The number of amides is 2. The molecule has 3 aromatic heterocycles. The summed E-state index contributed by atoms with van der Waals surface area (Å²) in [6, 6.07) is 1.79. The number of carbonyl (C=O) groups excluding carboxylic acids is 2. The molecule has 4 heterocycles. The second-order valence-electron chi connectivity index (χ2n) is 8.45. The van der Waals surface area contributed by atoms with Crippen molar-refractivity contribution in [2.45, 2.75) is 45.8 Å². The molecule has 0 spiro atoms. The zero-order valence-corrected chi connectivity index (χ0v) is 18.5. The Morgan fingerprint density at radius 2 is 2.19 bits per heavy atom. The van der Waals surface area contributed by atoms with Crippen LogP contribution in [0.1, 0.15) is 56.4 Å². The summed E-state index contributed by atoms with van der Waals surface area (Å²) >= 11 is 1.51. The van der Waals surface area contributed by atoms with E-state index in [9.17, 15) is 9.59 Å². The lowest BCUT2D eigenvalue weighted by Gasteiger charge is -2.27. The SMILES string of the molecule is Cc1ccoc1C(=O)N1CCc2c(c(C(=O)N(C)Cc3cscn3)nn2CC2CC2)C1. The van der Waals surface area contributed by atoms with Gasteiger partial charge >= 0.3 is 0 Å². The summed E-state index contributed by atoms with van der Waals surface area (Å²) in [5.41, 5.74) is 5.83. The molecular formula is C22H25N5O3S. The van der Waals surface area contributed by atoms with Gasteiger partial charge in [-0.15, -0.1) is 11.3 Å². The standard InChI is InChI=1S/C22H25N5O3S/c1-14-6-8-30-20(14)22(29)26-7-5-18-17(11-26)19(24-27(18)9-15-3-4-15)21(28)25(2)10-16-12-31-13-23-16/h6,8,12-13,15H,3-5,7,9-11H2,1-2H3. The van der Waals surface area contributed by atoms with E-state index in [4.69, 9.17) is 9.52 Å². The van der Waals surface area contributed by atoms with Crippen molar-refractivity contribution < 1.29 is 14.0 Å². The Hall–Kier alpha value is -2.94. The highest BCUT2D eigenvalue weighted by Gasteiger charge is 2.34. The van der Waals surface area contributed by atoms with Gasteiger partial charge in [0.05, 0.1) is 30.6 Å². The highest BCUT2D eigenvalue weighted by molar-refractivity contribution is 7.07. The van der Waals surface area contributed by atoms with Gasteiger partial charge in [0, 0.05) is 48.8 Å². The van der Waals surface area contributed by atoms with Gasteiger partial charge in [-0.25, -0.2) is 4.98 Å². The Morgan fingerprint density at radius 1 is 1.35 bits per heavy atom. The maximum atomic E-state index is 13.3. The first-order valence-electron chi connectivity index (χ1n) is 10.6. The first-order valence-corrected chi connectivity index (χ1v) is 11.5. The predicted molar refractivity (Wildman–Crippen MR) is 115 cm³/mol. The smallest absolute Gasteiger partial charge is 0.290 e. The third-order valence-corrected chi connectivity index (χ3v) is 6.67. The maximum absolute atomic E-state index is 13.3. The third-order valence-electron chi connectivity index (χ3n) is 6.04. The molecule has 1 aliphatic carbocycles. The van der Waals surface area contributed by atoms with E-state index in [0.717, 1.165) is 29.1 Å². The van der Waals surface area contributed by atoms with Crippen molar-refractivity contribution in [3.05, 3.63) is 57.2 Å². The fourth-order valence-electron chi connectivity index (χ4n) is 4.08. The van der Waals surface area contributed by atoms with E-state index in [1.54, 1.807) is 28.4 Å². The average molecular weight is 440 g/mol. The van der Waals surface area contributed by atoms with E-state index < -0.39 is 0 Å². The molecule has 3 aromatic rings. The van der Waals surface area contributed by atoms with Gasteiger partial charge < -0.3 is 14.2 Å². The van der Waals surface area contributed by atoms with E-state index >= 15 is 0 Å². The molecule has 5 rings (SSSR count). The third kappa shape index (κ3) is 3.89. The number of hydrogen-bond donors (Lipinski definition) is 0. The fraction of sp³-hybridized carbons (Fsp3) is 0.455. The second kappa shape index (κ2) is 7.96. The van der Waals surface area contributed by atoms with Gasteiger partial charge in [-0.1, -0.05) is 0 Å². The summed E-state index contributed by atoms with van der Waals surface area (Å²) in [5, 5.41) is 6.68. The van der Waals surface area contributed by atoms with E-state index in [0.29, 0.717) is 43.4 Å². The molecule has 0 N–H and O–H groups in total. The van der Waals surface area contributed by atoms with Crippen LogP contribution in [-0.2, 0) is 26.1 Å². The molecule has 1 aliphatic heterocycles. The van der Waals surface area contributed by atoms with Crippen molar-refractivity contribution in [2.24, 2.45) is 5.92 Å². The van der Waals surface area contributed by atoms with E-state index in [2.05, 4.69) is 4.98 Å². The molecule has 31 heavy (non-hydrogen) atoms. The number of rotatable bonds is 6. The van der Waals surface area contributed by atoms with Gasteiger partial charge in [0.2, 0.25) is 0 Å². The number of aryl methyl sites for hydroxylation is 1. The van der Waals surface area contributed by atoms with Crippen LogP contribution < -0.4 is 0 Å². The molecule has 0 atom stereocenters. The highest BCUT2D eigenvalue weighted by atomic mass is 32.1. The van der Waals surface area contributed by atoms with Gasteiger partial charge in [-0.3, -0.25) is 14.3 Å². The quantitative estimate of drug-likeness (QED) is 0.589. The summed E-state index contributed by atoms with van der Waals surface area (Å²) in [6.07, 6.45) is 4.64. The van der Waals surface area contributed by atoms with Crippen LogP contribution in [0.15, 0.2) is 27.6 Å². The van der Waals surface area contributed by atoms with Crippen LogP contribution in [-0.4, -0.2) is 50.0 Å². The molecule has 9 heteroatoms. The number of aromatic nitrogens is 3. The lowest BCUT2D eigenvalue weighted by molar-refractivity contribution is 0.0692. The van der Waals surface area contributed by atoms with Crippen LogP contribution in [0.2, 0.25) is 0 Å². The predicted octanol–water partition coefficient (Wildman–Crippen LogP) is 3.12. The largest absolute Gasteiger partial charge is 0.459 e. The van der Waals surface area contributed by atoms with Gasteiger partial charge in [0.15, 0.2) is 11.5 Å². The van der Waals surface area contributed by atoms with Crippen LogP contribution in [0.5, 0.6) is 0 Å². The fourth-order valence-corrected chi connectivity index (χ4v) is 4.63. The van der Waals surface area contributed by atoms with Gasteiger partial charge in [-0.2, -0.15) is 5.10 Å². The first kappa shape index (κ1) is 20.0. The second-order valence-corrected chi connectivity index (χ2v) is 9.17. The number of carbonyl (C=O) groups is 2. The molecule has 8 nitrogen and oxygen atoms in total. The average Bonchev–Trinajstić information content (AvgIpc) is 3.13. The Balaban J connectivity index is 1.43. The first-order chi connectivity index (χ1) is 15.0. The summed E-state index contributed by atoms with van der Waals surface area (Å²) < 4.78 is 7.43. The minimum absolute atomic E-state index is 0.137. The van der Waals surface area contributed by atoms with Crippen molar-refractivity contribution in [1.29, 1.82) is 0 Å². The number of nitrogens with zero attached hydrogens (tertiary/aromatic N) is 5. The lowest BCUT2D eigenvalue weighted by Crippen LogP contribution is -2.37. The monoisotopic (exact) mass is 439 g/mol. The summed E-state index contributed by atoms with van der Waals surface area (Å²) in [6.45, 7) is 4.09. The Kier molecular flexibility index (Phi) is 5.13. The van der Waals surface area contributed by atoms with Crippen LogP contribution in [0.3, 0.4) is 0 Å². The lowest BCUT2D eigenvalue weighted by atomic mass is 10.0. The Labute approximate surface area is 184 Å². The molecule has 2 aliphatic rings. The van der Waals surface area contributed by atoms with Crippen LogP contribution in [0, 0.1) is 12.8 Å². The molecule has 2 amide bonds. The molecule has 0 radical (unpaired) electrons. The highest BCUT2D eigenvalue weighted by Crippen LogP contribution is 2.33. The number of furan rings is 1. The molecule has 1 fully saturated rings. The van der Waals surface area contributed by atoms with E-state index in [1.165, 1.54) is 30.4 Å². The Bertz CT molecular complexity index is 1110. The molecule has 0 saturated heterocycles. The van der Waals surface area contributed by atoms with Crippen molar-refractivity contribution in [3.8, 4) is 0 Å².